The van der Waals surface area contributed by atoms with Crippen LogP contribution in [0.2, 0.25) is 0 Å². The van der Waals surface area contributed by atoms with Gasteiger partial charge in [-0.2, -0.15) is 0 Å². The molecule has 1 heterocycles. The van der Waals surface area contributed by atoms with Gasteiger partial charge in [0.15, 0.2) is 0 Å². The van der Waals surface area contributed by atoms with E-state index in [1.807, 2.05) is 25.7 Å². The Hall–Kier alpha value is -1.49. The Kier molecular flexibility index (Phi) is 5.16. The van der Waals surface area contributed by atoms with Crippen LogP contribution >= 0.6 is 0 Å². The number of rotatable bonds is 3. The van der Waals surface area contributed by atoms with Crippen molar-refractivity contribution in [2.75, 3.05) is 13.1 Å². The standard InChI is InChI=1S/C17H24F2N2O/c1-17(2,3)20-16(22)12-5-4-8-21(10-12)11-13-9-14(18)6-7-15(13)19/h6-7,9,12H,4-5,8,10-11H2,1-3H3,(H,20,22). The summed E-state index contributed by atoms with van der Waals surface area (Å²) < 4.78 is 27.0. The summed E-state index contributed by atoms with van der Waals surface area (Å²) in [4.78, 5) is 14.3. The Labute approximate surface area is 130 Å². The van der Waals surface area contributed by atoms with E-state index in [0.717, 1.165) is 31.5 Å². The zero-order valence-corrected chi connectivity index (χ0v) is 13.5. The zero-order chi connectivity index (χ0) is 16.3. The van der Waals surface area contributed by atoms with Crippen LogP contribution in [-0.2, 0) is 11.3 Å². The van der Waals surface area contributed by atoms with E-state index in [4.69, 9.17) is 0 Å². The van der Waals surface area contributed by atoms with Crippen LogP contribution in [-0.4, -0.2) is 29.4 Å². The largest absolute Gasteiger partial charge is 0.351 e. The summed E-state index contributed by atoms with van der Waals surface area (Å²) in [6.07, 6.45) is 1.73. The highest BCUT2D eigenvalue weighted by Gasteiger charge is 2.28. The molecule has 122 valence electrons. The molecule has 0 radical (unpaired) electrons. The maximum Gasteiger partial charge on any atom is 0.224 e. The maximum atomic E-state index is 13.7. The lowest BCUT2D eigenvalue weighted by molar-refractivity contribution is -0.128. The second-order valence-corrected chi connectivity index (χ2v) is 7.05. The molecule has 3 nitrogen and oxygen atoms in total. The molecule has 1 aromatic rings. The summed E-state index contributed by atoms with van der Waals surface area (Å²) in [5.74, 6) is -0.889. The van der Waals surface area contributed by atoms with Gasteiger partial charge in [0, 0.05) is 24.2 Å². The third kappa shape index (κ3) is 4.77. The zero-order valence-electron chi connectivity index (χ0n) is 13.5. The van der Waals surface area contributed by atoms with Crippen molar-refractivity contribution < 1.29 is 13.6 Å². The number of carbonyl (C=O) groups is 1. The van der Waals surface area contributed by atoms with E-state index in [9.17, 15) is 13.6 Å². The Morgan fingerprint density at radius 2 is 2.09 bits per heavy atom. The van der Waals surface area contributed by atoms with Gasteiger partial charge in [0.2, 0.25) is 5.91 Å². The molecule has 0 spiro atoms. The SMILES string of the molecule is CC(C)(C)NC(=O)C1CCCN(Cc2cc(F)ccc2F)C1. The van der Waals surface area contributed by atoms with Crippen LogP contribution in [0.1, 0.15) is 39.2 Å². The molecule has 1 aliphatic heterocycles. The Bertz CT molecular complexity index is 540. The van der Waals surface area contributed by atoms with Crippen LogP contribution < -0.4 is 5.32 Å². The molecule has 0 saturated carbocycles. The Balaban J connectivity index is 1.98. The smallest absolute Gasteiger partial charge is 0.224 e. The van der Waals surface area contributed by atoms with Crippen molar-refractivity contribution in [3.05, 3.63) is 35.4 Å². The molecule has 1 N–H and O–H groups in total. The third-order valence-electron chi connectivity index (χ3n) is 3.78. The van der Waals surface area contributed by atoms with Crippen molar-refractivity contribution in [1.82, 2.24) is 10.2 Å². The Morgan fingerprint density at radius 3 is 2.77 bits per heavy atom. The number of nitrogens with one attached hydrogen (secondary N) is 1. The number of carbonyl (C=O) groups excluding carboxylic acids is 1. The average molecular weight is 310 g/mol. The minimum absolute atomic E-state index is 0.0388. The van der Waals surface area contributed by atoms with Gasteiger partial charge in [0.05, 0.1) is 5.92 Å². The number of benzene rings is 1. The van der Waals surface area contributed by atoms with E-state index in [1.165, 1.54) is 6.07 Å². The summed E-state index contributed by atoms with van der Waals surface area (Å²) in [5.41, 5.74) is 0.0884. The third-order valence-corrected chi connectivity index (χ3v) is 3.78. The summed E-state index contributed by atoms with van der Waals surface area (Å²) in [6, 6.07) is 3.50. The second kappa shape index (κ2) is 6.73. The molecule has 1 aliphatic rings. The highest BCUT2D eigenvalue weighted by Crippen LogP contribution is 2.21. The van der Waals surface area contributed by atoms with Gasteiger partial charge in [-0.3, -0.25) is 9.69 Å². The fourth-order valence-corrected chi connectivity index (χ4v) is 2.79. The normalized spacial score (nSPS) is 20.0. The summed E-state index contributed by atoms with van der Waals surface area (Å²) in [5, 5.41) is 2.99. The molecule has 1 aromatic carbocycles. The molecule has 1 fully saturated rings. The van der Waals surface area contributed by atoms with Crippen molar-refractivity contribution in [3.8, 4) is 0 Å². The van der Waals surface area contributed by atoms with Crippen LogP contribution in [0, 0.1) is 17.6 Å². The van der Waals surface area contributed by atoms with Gasteiger partial charge in [-0.05, 0) is 58.4 Å². The van der Waals surface area contributed by atoms with Crippen molar-refractivity contribution in [2.45, 2.75) is 45.7 Å². The quantitative estimate of drug-likeness (QED) is 0.930. The van der Waals surface area contributed by atoms with E-state index in [2.05, 4.69) is 5.32 Å². The van der Waals surface area contributed by atoms with Gasteiger partial charge in [-0.25, -0.2) is 8.78 Å². The first-order valence-electron chi connectivity index (χ1n) is 7.73. The number of hydrogen-bond acceptors (Lipinski definition) is 2. The summed E-state index contributed by atoms with van der Waals surface area (Å²) >= 11 is 0. The second-order valence-electron chi connectivity index (χ2n) is 7.05. The highest BCUT2D eigenvalue weighted by molar-refractivity contribution is 5.79. The van der Waals surface area contributed by atoms with Gasteiger partial charge in [-0.15, -0.1) is 0 Å². The number of hydrogen-bond donors (Lipinski definition) is 1. The molecule has 5 heteroatoms. The highest BCUT2D eigenvalue weighted by atomic mass is 19.1. The van der Waals surface area contributed by atoms with E-state index >= 15 is 0 Å². The summed E-state index contributed by atoms with van der Waals surface area (Å²) in [7, 11) is 0. The van der Waals surface area contributed by atoms with Gasteiger partial charge in [0.1, 0.15) is 11.6 Å². The number of halogens is 2. The first kappa shape index (κ1) is 16.9. The van der Waals surface area contributed by atoms with Crippen LogP contribution in [0.5, 0.6) is 0 Å². The molecule has 0 aromatic heterocycles. The fraction of sp³-hybridized carbons (Fsp3) is 0.588. The molecule has 1 unspecified atom stereocenters. The maximum absolute atomic E-state index is 13.7. The van der Waals surface area contributed by atoms with Crippen molar-refractivity contribution >= 4 is 5.91 Å². The predicted molar refractivity (Wildman–Crippen MR) is 82.3 cm³/mol. The van der Waals surface area contributed by atoms with Crippen LogP contribution in [0.25, 0.3) is 0 Å². The minimum Gasteiger partial charge on any atom is -0.351 e. The fourth-order valence-electron chi connectivity index (χ4n) is 2.79. The summed E-state index contributed by atoms with van der Waals surface area (Å²) in [6.45, 7) is 7.57. The topological polar surface area (TPSA) is 32.3 Å². The van der Waals surface area contributed by atoms with E-state index in [1.54, 1.807) is 0 Å². The molecule has 2 rings (SSSR count). The molecule has 22 heavy (non-hydrogen) atoms. The number of amides is 1. The van der Waals surface area contributed by atoms with Crippen molar-refractivity contribution in [1.29, 1.82) is 0 Å². The van der Waals surface area contributed by atoms with Gasteiger partial charge in [-0.1, -0.05) is 0 Å². The first-order chi connectivity index (χ1) is 10.2. The number of piperidine rings is 1. The van der Waals surface area contributed by atoms with Crippen LogP contribution in [0.4, 0.5) is 8.78 Å². The molecule has 0 bridgehead atoms. The average Bonchev–Trinajstić information content (AvgIpc) is 2.41. The molecule has 0 aliphatic carbocycles. The van der Waals surface area contributed by atoms with Crippen LogP contribution in [0.3, 0.4) is 0 Å². The molecule has 1 saturated heterocycles. The molecule has 1 atom stereocenters. The van der Waals surface area contributed by atoms with Crippen molar-refractivity contribution in [3.63, 3.8) is 0 Å². The lowest BCUT2D eigenvalue weighted by Crippen LogP contribution is -2.48. The minimum atomic E-state index is -0.435. The molecular weight excluding hydrogens is 286 g/mol. The number of likely N-dealkylation sites (tertiary alicyclic amines) is 1. The lowest BCUT2D eigenvalue weighted by atomic mass is 9.95. The number of nitrogens with zero attached hydrogens (tertiary/aromatic N) is 1. The monoisotopic (exact) mass is 310 g/mol. The first-order valence-corrected chi connectivity index (χ1v) is 7.73. The van der Waals surface area contributed by atoms with Gasteiger partial charge >= 0.3 is 0 Å². The van der Waals surface area contributed by atoms with Crippen LogP contribution in [0.15, 0.2) is 18.2 Å². The molecule has 1 amide bonds. The van der Waals surface area contributed by atoms with Gasteiger partial charge in [0.25, 0.3) is 0 Å². The van der Waals surface area contributed by atoms with Gasteiger partial charge < -0.3 is 5.32 Å². The lowest BCUT2D eigenvalue weighted by Gasteiger charge is -2.33. The Morgan fingerprint density at radius 1 is 1.36 bits per heavy atom. The molecular formula is C17H24F2N2O. The van der Waals surface area contributed by atoms with E-state index < -0.39 is 11.6 Å². The predicted octanol–water partition coefficient (Wildman–Crippen LogP) is 3.09. The van der Waals surface area contributed by atoms with Crippen molar-refractivity contribution in [2.24, 2.45) is 5.92 Å². The van der Waals surface area contributed by atoms with E-state index in [0.29, 0.717) is 18.7 Å². The van der Waals surface area contributed by atoms with E-state index in [-0.39, 0.29) is 17.4 Å².